The molecular weight excluding hydrogens is 427 g/mol. The molecule has 0 aliphatic heterocycles. The van der Waals surface area contributed by atoms with E-state index in [0.29, 0.717) is 19.0 Å². The van der Waals surface area contributed by atoms with Crippen LogP contribution in [0.5, 0.6) is 5.88 Å². The molecule has 0 atom stereocenters. The van der Waals surface area contributed by atoms with Crippen molar-refractivity contribution in [3.05, 3.63) is 59.8 Å². The average Bonchev–Trinajstić information content (AvgIpc) is 2.63. The molecule has 0 saturated carbocycles. The number of ether oxygens (including phenoxy) is 1. The molecule has 136 valence electrons. The van der Waals surface area contributed by atoms with Gasteiger partial charge in [0.2, 0.25) is 5.88 Å². The minimum atomic E-state index is 0. The number of nitrogens with zero attached hydrogens (tertiary/aromatic N) is 2. The Hall–Kier alpha value is -1.83. The van der Waals surface area contributed by atoms with Gasteiger partial charge in [-0.1, -0.05) is 37.3 Å². The monoisotopic (exact) mass is 454 g/mol. The molecule has 1 heterocycles. The Morgan fingerprint density at radius 2 is 1.88 bits per heavy atom. The Bertz CT molecular complexity index is 634. The summed E-state index contributed by atoms with van der Waals surface area (Å²) in [7, 11) is 0. The van der Waals surface area contributed by atoms with Crippen LogP contribution in [0.2, 0.25) is 0 Å². The minimum Gasteiger partial charge on any atom is -0.473 e. The second kappa shape index (κ2) is 12.5. The van der Waals surface area contributed by atoms with Gasteiger partial charge in [0.05, 0.1) is 6.54 Å². The first-order chi connectivity index (χ1) is 11.8. The van der Waals surface area contributed by atoms with E-state index >= 15 is 0 Å². The number of rotatable bonds is 8. The van der Waals surface area contributed by atoms with E-state index in [-0.39, 0.29) is 24.0 Å². The lowest BCUT2D eigenvalue weighted by molar-refractivity contribution is 0.293. The lowest BCUT2D eigenvalue weighted by Gasteiger charge is -2.10. The van der Waals surface area contributed by atoms with E-state index in [4.69, 9.17) is 4.74 Å². The van der Waals surface area contributed by atoms with Gasteiger partial charge in [-0.25, -0.2) is 9.98 Å². The molecular formula is C19H27IN4O. The van der Waals surface area contributed by atoms with Gasteiger partial charge in [-0.3, -0.25) is 0 Å². The number of halogens is 1. The van der Waals surface area contributed by atoms with E-state index in [2.05, 4.69) is 34.5 Å². The summed E-state index contributed by atoms with van der Waals surface area (Å²) in [5.41, 5.74) is 2.20. The summed E-state index contributed by atoms with van der Waals surface area (Å²) in [5, 5.41) is 6.53. The van der Waals surface area contributed by atoms with Gasteiger partial charge in [-0.2, -0.15) is 0 Å². The minimum absolute atomic E-state index is 0. The second-order valence-electron chi connectivity index (χ2n) is 5.40. The van der Waals surface area contributed by atoms with Crippen LogP contribution >= 0.6 is 24.0 Å². The Morgan fingerprint density at radius 1 is 1.08 bits per heavy atom. The molecule has 0 aliphatic carbocycles. The third-order valence-corrected chi connectivity index (χ3v) is 3.34. The van der Waals surface area contributed by atoms with Crippen molar-refractivity contribution in [3.63, 3.8) is 0 Å². The van der Waals surface area contributed by atoms with Gasteiger partial charge in [0, 0.05) is 25.4 Å². The molecule has 2 N–H and O–H groups in total. The number of aliphatic imine (C=N–C) groups is 1. The normalized spacial score (nSPS) is 10.7. The van der Waals surface area contributed by atoms with E-state index in [0.717, 1.165) is 36.6 Å². The fourth-order valence-corrected chi connectivity index (χ4v) is 2.11. The van der Waals surface area contributed by atoms with Crippen molar-refractivity contribution in [2.45, 2.75) is 33.4 Å². The van der Waals surface area contributed by atoms with Crippen molar-refractivity contribution in [3.8, 4) is 5.88 Å². The van der Waals surface area contributed by atoms with E-state index in [1.54, 1.807) is 6.20 Å². The number of guanidine groups is 1. The fraction of sp³-hybridized carbons (Fsp3) is 0.368. The van der Waals surface area contributed by atoms with Crippen molar-refractivity contribution < 1.29 is 4.74 Å². The third-order valence-electron chi connectivity index (χ3n) is 3.34. The molecule has 0 saturated heterocycles. The quantitative estimate of drug-likeness (QED) is 0.363. The molecule has 0 fully saturated rings. The highest BCUT2D eigenvalue weighted by Crippen LogP contribution is 2.12. The van der Waals surface area contributed by atoms with Crippen LogP contribution in [0, 0.1) is 0 Å². The van der Waals surface area contributed by atoms with Crippen LogP contribution in [-0.4, -0.2) is 24.0 Å². The standard InChI is InChI=1S/C19H26N4O.HI/c1-3-11-22-19(20-4-2)23-14-17-10-12-21-18(13-17)24-15-16-8-6-5-7-9-16;/h5-10,12-13H,3-4,11,14-15H2,1-2H3,(H2,20,22,23);1H. The first kappa shape index (κ1) is 21.2. The van der Waals surface area contributed by atoms with E-state index in [1.807, 2.05) is 42.5 Å². The van der Waals surface area contributed by atoms with Gasteiger partial charge in [-0.15, -0.1) is 24.0 Å². The molecule has 5 nitrogen and oxygen atoms in total. The van der Waals surface area contributed by atoms with Crippen LogP contribution < -0.4 is 15.4 Å². The van der Waals surface area contributed by atoms with Crippen molar-refractivity contribution in [2.75, 3.05) is 13.1 Å². The van der Waals surface area contributed by atoms with Crippen LogP contribution in [0.3, 0.4) is 0 Å². The van der Waals surface area contributed by atoms with Crippen LogP contribution in [-0.2, 0) is 13.2 Å². The van der Waals surface area contributed by atoms with E-state index in [1.165, 1.54) is 0 Å². The molecule has 0 aliphatic rings. The summed E-state index contributed by atoms with van der Waals surface area (Å²) in [5.74, 6) is 1.46. The summed E-state index contributed by atoms with van der Waals surface area (Å²) >= 11 is 0. The summed E-state index contributed by atoms with van der Waals surface area (Å²) < 4.78 is 5.76. The maximum Gasteiger partial charge on any atom is 0.213 e. The number of benzene rings is 1. The highest BCUT2D eigenvalue weighted by molar-refractivity contribution is 14.0. The van der Waals surface area contributed by atoms with Gasteiger partial charge in [0.1, 0.15) is 6.61 Å². The van der Waals surface area contributed by atoms with E-state index < -0.39 is 0 Å². The summed E-state index contributed by atoms with van der Waals surface area (Å²) in [4.78, 5) is 8.86. The highest BCUT2D eigenvalue weighted by atomic mass is 127. The smallest absolute Gasteiger partial charge is 0.213 e. The predicted molar refractivity (Wildman–Crippen MR) is 114 cm³/mol. The summed E-state index contributed by atoms with van der Waals surface area (Å²) in [6.45, 7) is 7.05. The maximum absolute atomic E-state index is 5.76. The molecule has 0 radical (unpaired) electrons. The maximum atomic E-state index is 5.76. The molecule has 25 heavy (non-hydrogen) atoms. The molecule has 0 unspecified atom stereocenters. The molecule has 2 rings (SSSR count). The molecule has 0 bridgehead atoms. The zero-order valence-corrected chi connectivity index (χ0v) is 17.2. The van der Waals surface area contributed by atoms with Crippen molar-refractivity contribution in [1.29, 1.82) is 0 Å². The van der Waals surface area contributed by atoms with Crippen molar-refractivity contribution in [1.82, 2.24) is 15.6 Å². The number of hydrogen-bond acceptors (Lipinski definition) is 3. The first-order valence-electron chi connectivity index (χ1n) is 8.45. The number of aromatic nitrogens is 1. The van der Waals surface area contributed by atoms with Gasteiger partial charge in [0.15, 0.2) is 5.96 Å². The van der Waals surface area contributed by atoms with Crippen LogP contribution in [0.25, 0.3) is 0 Å². The van der Waals surface area contributed by atoms with Crippen molar-refractivity contribution in [2.24, 2.45) is 4.99 Å². The second-order valence-corrected chi connectivity index (χ2v) is 5.40. The fourth-order valence-electron chi connectivity index (χ4n) is 2.11. The molecule has 6 heteroatoms. The van der Waals surface area contributed by atoms with Gasteiger partial charge >= 0.3 is 0 Å². The van der Waals surface area contributed by atoms with Gasteiger partial charge in [-0.05, 0) is 30.5 Å². The molecule has 0 amide bonds. The molecule has 0 spiro atoms. The third kappa shape index (κ3) is 8.20. The van der Waals surface area contributed by atoms with Crippen LogP contribution in [0.15, 0.2) is 53.7 Å². The summed E-state index contributed by atoms with van der Waals surface area (Å²) in [6, 6.07) is 14.0. The van der Waals surface area contributed by atoms with Gasteiger partial charge < -0.3 is 15.4 Å². The van der Waals surface area contributed by atoms with E-state index in [9.17, 15) is 0 Å². The topological polar surface area (TPSA) is 58.5 Å². The predicted octanol–water partition coefficient (Wildman–Crippen LogP) is 3.74. The molecule has 2 aromatic rings. The lowest BCUT2D eigenvalue weighted by atomic mass is 10.2. The van der Waals surface area contributed by atoms with Crippen LogP contribution in [0.1, 0.15) is 31.4 Å². The SMILES string of the molecule is CCCNC(=NCc1ccnc(OCc2ccccc2)c1)NCC.I. The average molecular weight is 454 g/mol. The number of hydrogen-bond donors (Lipinski definition) is 2. The number of nitrogens with one attached hydrogen (secondary N) is 2. The lowest BCUT2D eigenvalue weighted by Crippen LogP contribution is -2.37. The largest absolute Gasteiger partial charge is 0.473 e. The molecule has 1 aromatic carbocycles. The van der Waals surface area contributed by atoms with Crippen molar-refractivity contribution >= 4 is 29.9 Å². The number of pyridine rings is 1. The van der Waals surface area contributed by atoms with Gasteiger partial charge in [0.25, 0.3) is 0 Å². The Morgan fingerprint density at radius 3 is 2.60 bits per heavy atom. The Kier molecular flexibility index (Phi) is 10.6. The Labute approximate surface area is 167 Å². The zero-order chi connectivity index (χ0) is 17.0. The van der Waals surface area contributed by atoms with Crippen LogP contribution in [0.4, 0.5) is 0 Å². The first-order valence-corrected chi connectivity index (χ1v) is 8.45. The zero-order valence-electron chi connectivity index (χ0n) is 14.9. The summed E-state index contributed by atoms with van der Waals surface area (Å²) in [6.07, 6.45) is 2.83. The molecule has 1 aromatic heterocycles. The highest BCUT2D eigenvalue weighted by Gasteiger charge is 2.01. The Balaban J connectivity index is 0.00000312.